The van der Waals surface area contributed by atoms with Crippen LogP contribution in [0, 0.1) is 0 Å². The highest BCUT2D eigenvalue weighted by atomic mass is 35.5. The molecule has 0 aliphatic carbocycles. The molecule has 0 saturated carbocycles. The first-order chi connectivity index (χ1) is 8.15. The summed E-state index contributed by atoms with van der Waals surface area (Å²) in [4.78, 5) is 11.7. The van der Waals surface area contributed by atoms with Gasteiger partial charge in [-0.2, -0.15) is 0 Å². The lowest BCUT2D eigenvalue weighted by atomic mass is 10.1. The lowest BCUT2D eigenvalue weighted by Gasteiger charge is -2.07. The fraction of sp³-hybridized carbons (Fsp3) is 0.417. The zero-order valence-corrected chi connectivity index (χ0v) is 10.6. The summed E-state index contributed by atoms with van der Waals surface area (Å²) < 4.78 is 5.17. The molecule has 1 aromatic rings. The normalized spacial score (nSPS) is 10.2. The Morgan fingerprint density at radius 3 is 2.94 bits per heavy atom. The molecule has 5 heteroatoms. The van der Waals surface area contributed by atoms with E-state index in [1.165, 1.54) is 0 Å². The summed E-state index contributed by atoms with van der Waals surface area (Å²) >= 11 is 5.75. The Bertz CT molecular complexity index is 383. The minimum atomic E-state index is -0.185. The van der Waals surface area contributed by atoms with Crippen molar-refractivity contribution in [3.8, 4) is 0 Å². The van der Waals surface area contributed by atoms with Gasteiger partial charge in [0.15, 0.2) is 0 Å². The summed E-state index contributed by atoms with van der Waals surface area (Å²) in [6, 6.07) is 4.83. The Morgan fingerprint density at radius 1 is 1.53 bits per heavy atom. The average molecular weight is 257 g/mol. The van der Waals surface area contributed by atoms with Crippen LogP contribution in [0.15, 0.2) is 18.2 Å². The van der Waals surface area contributed by atoms with Gasteiger partial charge >= 0.3 is 0 Å². The molecular formula is C12H17ClN2O2. The van der Waals surface area contributed by atoms with Crippen molar-refractivity contribution in [2.75, 3.05) is 25.5 Å². The number of nitrogen functional groups attached to an aromatic ring is 1. The van der Waals surface area contributed by atoms with Crippen LogP contribution in [-0.4, -0.2) is 25.7 Å². The number of carbonyl (C=O) groups is 1. The molecule has 0 unspecified atom stereocenters. The van der Waals surface area contributed by atoms with Crippen LogP contribution < -0.4 is 11.1 Å². The van der Waals surface area contributed by atoms with E-state index in [2.05, 4.69) is 5.32 Å². The molecular weight excluding hydrogens is 240 g/mol. The summed E-state index contributed by atoms with van der Waals surface area (Å²) in [5.41, 5.74) is 6.54. The minimum Gasteiger partial charge on any atom is -0.398 e. The standard InChI is InChI=1S/C12H17ClN2O2/c1-2-17-7-3-6-15-12(16)10-5-4-9(13)8-11(10)14/h4-5,8H,2-3,6-7,14H2,1H3,(H,15,16). The molecule has 4 nitrogen and oxygen atoms in total. The third-order valence-electron chi connectivity index (χ3n) is 2.21. The summed E-state index contributed by atoms with van der Waals surface area (Å²) in [5.74, 6) is -0.185. The van der Waals surface area contributed by atoms with Gasteiger partial charge in [-0.1, -0.05) is 11.6 Å². The van der Waals surface area contributed by atoms with Crippen molar-refractivity contribution in [1.82, 2.24) is 5.32 Å². The second kappa shape index (κ2) is 7.14. The van der Waals surface area contributed by atoms with E-state index in [1.54, 1.807) is 18.2 Å². The van der Waals surface area contributed by atoms with Gasteiger partial charge in [0.2, 0.25) is 0 Å². The zero-order valence-electron chi connectivity index (χ0n) is 9.83. The quantitative estimate of drug-likeness (QED) is 0.605. The molecule has 0 bridgehead atoms. The van der Waals surface area contributed by atoms with E-state index in [0.717, 1.165) is 6.42 Å². The zero-order chi connectivity index (χ0) is 12.7. The first-order valence-corrected chi connectivity index (χ1v) is 5.94. The van der Waals surface area contributed by atoms with Crippen LogP contribution in [0.1, 0.15) is 23.7 Å². The van der Waals surface area contributed by atoms with Gasteiger partial charge in [0.25, 0.3) is 5.91 Å². The molecule has 3 N–H and O–H groups in total. The lowest BCUT2D eigenvalue weighted by Crippen LogP contribution is -2.26. The number of benzene rings is 1. The molecule has 0 heterocycles. The summed E-state index contributed by atoms with van der Waals surface area (Å²) in [5, 5.41) is 3.30. The second-order valence-corrected chi connectivity index (χ2v) is 3.97. The molecule has 0 fully saturated rings. The number of hydrogen-bond acceptors (Lipinski definition) is 3. The third-order valence-corrected chi connectivity index (χ3v) is 2.45. The molecule has 1 aromatic carbocycles. The first kappa shape index (κ1) is 13.8. The molecule has 94 valence electrons. The van der Waals surface area contributed by atoms with Crippen molar-refractivity contribution < 1.29 is 9.53 Å². The molecule has 0 aromatic heterocycles. The predicted molar refractivity (Wildman–Crippen MR) is 69.3 cm³/mol. The Balaban J connectivity index is 2.42. The molecule has 0 atom stereocenters. The molecule has 17 heavy (non-hydrogen) atoms. The number of nitrogens with one attached hydrogen (secondary N) is 1. The van der Waals surface area contributed by atoms with Crippen molar-refractivity contribution in [2.24, 2.45) is 0 Å². The van der Waals surface area contributed by atoms with Crippen molar-refractivity contribution in [3.05, 3.63) is 28.8 Å². The van der Waals surface area contributed by atoms with Crippen molar-refractivity contribution in [3.63, 3.8) is 0 Å². The average Bonchev–Trinajstić information content (AvgIpc) is 2.28. The molecule has 1 rings (SSSR count). The molecule has 0 aliphatic rings. The lowest BCUT2D eigenvalue weighted by molar-refractivity contribution is 0.0945. The predicted octanol–water partition coefficient (Wildman–Crippen LogP) is 2.08. The Morgan fingerprint density at radius 2 is 2.29 bits per heavy atom. The Kier molecular flexibility index (Phi) is 5.80. The Hall–Kier alpha value is -1.26. The minimum absolute atomic E-state index is 0.185. The smallest absolute Gasteiger partial charge is 0.253 e. The van der Waals surface area contributed by atoms with Crippen LogP contribution in [0.2, 0.25) is 5.02 Å². The fourth-order valence-electron chi connectivity index (χ4n) is 1.36. The topological polar surface area (TPSA) is 64.3 Å². The van der Waals surface area contributed by atoms with Crippen LogP contribution in [0.5, 0.6) is 0 Å². The molecule has 0 spiro atoms. The van der Waals surface area contributed by atoms with E-state index in [1.807, 2.05) is 6.92 Å². The molecule has 0 saturated heterocycles. The van der Waals surface area contributed by atoms with Gasteiger partial charge in [0.1, 0.15) is 0 Å². The number of hydrogen-bond donors (Lipinski definition) is 2. The first-order valence-electron chi connectivity index (χ1n) is 5.56. The van der Waals surface area contributed by atoms with Crippen LogP contribution in [-0.2, 0) is 4.74 Å². The van der Waals surface area contributed by atoms with Crippen molar-refractivity contribution in [1.29, 1.82) is 0 Å². The van der Waals surface area contributed by atoms with Crippen LogP contribution in [0.3, 0.4) is 0 Å². The van der Waals surface area contributed by atoms with Crippen LogP contribution in [0.25, 0.3) is 0 Å². The van der Waals surface area contributed by atoms with E-state index in [0.29, 0.717) is 36.0 Å². The number of amides is 1. The molecule has 0 aliphatic heterocycles. The van der Waals surface area contributed by atoms with E-state index in [4.69, 9.17) is 22.1 Å². The van der Waals surface area contributed by atoms with Gasteiger partial charge < -0.3 is 15.8 Å². The van der Waals surface area contributed by atoms with Gasteiger partial charge in [-0.25, -0.2) is 0 Å². The van der Waals surface area contributed by atoms with E-state index >= 15 is 0 Å². The summed E-state index contributed by atoms with van der Waals surface area (Å²) in [6.45, 7) is 3.85. The maximum atomic E-state index is 11.7. The van der Waals surface area contributed by atoms with Gasteiger partial charge in [-0.15, -0.1) is 0 Å². The number of nitrogens with two attached hydrogens (primary N) is 1. The highest BCUT2D eigenvalue weighted by Crippen LogP contribution is 2.17. The maximum absolute atomic E-state index is 11.7. The summed E-state index contributed by atoms with van der Waals surface area (Å²) in [7, 11) is 0. The molecule has 0 radical (unpaired) electrons. The number of carbonyl (C=O) groups excluding carboxylic acids is 1. The fourth-order valence-corrected chi connectivity index (χ4v) is 1.54. The highest BCUT2D eigenvalue weighted by molar-refractivity contribution is 6.31. The van der Waals surface area contributed by atoms with Gasteiger partial charge in [0.05, 0.1) is 5.56 Å². The van der Waals surface area contributed by atoms with E-state index in [-0.39, 0.29) is 5.91 Å². The van der Waals surface area contributed by atoms with Gasteiger partial charge in [0, 0.05) is 30.5 Å². The Labute approximate surface area is 106 Å². The highest BCUT2D eigenvalue weighted by Gasteiger charge is 2.08. The number of anilines is 1. The van der Waals surface area contributed by atoms with E-state index < -0.39 is 0 Å². The van der Waals surface area contributed by atoms with Crippen LogP contribution >= 0.6 is 11.6 Å². The monoisotopic (exact) mass is 256 g/mol. The molecule has 1 amide bonds. The van der Waals surface area contributed by atoms with E-state index in [9.17, 15) is 4.79 Å². The second-order valence-electron chi connectivity index (χ2n) is 3.54. The third kappa shape index (κ3) is 4.63. The summed E-state index contributed by atoms with van der Waals surface area (Å²) in [6.07, 6.45) is 0.785. The van der Waals surface area contributed by atoms with Crippen molar-refractivity contribution in [2.45, 2.75) is 13.3 Å². The van der Waals surface area contributed by atoms with Crippen molar-refractivity contribution >= 4 is 23.2 Å². The van der Waals surface area contributed by atoms with Gasteiger partial charge in [-0.3, -0.25) is 4.79 Å². The van der Waals surface area contributed by atoms with Gasteiger partial charge in [-0.05, 0) is 31.5 Å². The number of rotatable bonds is 6. The number of ether oxygens (including phenoxy) is 1. The maximum Gasteiger partial charge on any atom is 0.253 e. The SMILES string of the molecule is CCOCCCNC(=O)c1ccc(Cl)cc1N. The largest absolute Gasteiger partial charge is 0.398 e. The van der Waals surface area contributed by atoms with Crippen LogP contribution in [0.4, 0.5) is 5.69 Å². The number of halogens is 1.